The minimum Gasteiger partial charge on any atom is -0.357 e. The Morgan fingerprint density at radius 2 is 1.94 bits per heavy atom. The van der Waals surface area contributed by atoms with Gasteiger partial charge in [0.15, 0.2) is 5.96 Å². The lowest BCUT2D eigenvalue weighted by Crippen LogP contribution is -2.38. The van der Waals surface area contributed by atoms with E-state index < -0.39 is 0 Å². The molecule has 0 spiro atoms. The summed E-state index contributed by atoms with van der Waals surface area (Å²) in [5.41, 5.74) is 4.63. The van der Waals surface area contributed by atoms with E-state index in [0.717, 1.165) is 36.9 Å². The summed E-state index contributed by atoms with van der Waals surface area (Å²) in [6.45, 7) is 8.77. The first-order chi connectivity index (χ1) is 14.5. The zero-order chi connectivity index (χ0) is 21.5. The van der Waals surface area contributed by atoms with Crippen LogP contribution in [-0.2, 0) is 20.0 Å². The molecule has 0 aliphatic carbocycles. The molecular formula is C23H34IN7. The first-order valence-electron chi connectivity index (χ1n) is 10.6. The van der Waals surface area contributed by atoms with Crippen molar-refractivity contribution in [2.24, 2.45) is 12.0 Å². The van der Waals surface area contributed by atoms with E-state index >= 15 is 0 Å². The van der Waals surface area contributed by atoms with E-state index in [0.29, 0.717) is 12.5 Å². The Labute approximate surface area is 202 Å². The van der Waals surface area contributed by atoms with Gasteiger partial charge in [0.1, 0.15) is 0 Å². The Balaban J connectivity index is 0.00000341. The van der Waals surface area contributed by atoms with Crippen molar-refractivity contribution < 1.29 is 0 Å². The van der Waals surface area contributed by atoms with Gasteiger partial charge in [0, 0.05) is 51.7 Å². The van der Waals surface area contributed by atoms with Crippen molar-refractivity contribution in [3.8, 4) is 5.69 Å². The van der Waals surface area contributed by atoms with Gasteiger partial charge < -0.3 is 10.2 Å². The monoisotopic (exact) mass is 535 g/mol. The standard InChI is InChI=1S/C23H33N7.HI/c1-6-24-23(28(4)16-20-17-29(5)27-22(20)18(2)3)25-13-12-19-14-26-30(15-19)21-10-8-7-9-11-21;/h7-11,14-15,17-18H,6,12-13,16H2,1-5H3,(H,24,25);1H. The highest BCUT2D eigenvalue weighted by atomic mass is 127. The van der Waals surface area contributed by atoms with Gasteiger partial charge in [-0.3, -0.25) is 9.67 Å². The zero-order valence-corrected chi connectivity index (χ0v) is 21.4. The van der Waals surface area contributed by atoms with Crippen LogP contribution in [0, 0.1) is 0 Å². The van der Waals surface area contributed by atoms with Crippen LogP contribution in [0.4, 0.5) is 0 Å². The van der Waals surface area contributed by atoms with E-state index in [2.05, 4.69) is 72.8 Å². The Kier molecular flexibility index (Phi) is 9.54. The maximum Gasteiger partial charge on any atom is 0.193 e. The number of nitrogens with one attached hydrogen (secondary N) is 1. The highest BCUT2D eigenvalue weighted by Crippen LogP contribution is 2.18. The van der Waals surface area contributed by atoms with Gasteiger partial charge in [-0.1, -0.05) is 32.0 Å². The lowest BCUT2D eigenvalue weighted by molar-refractivity contribution is 0.473. The molecule has 2 heterocycles. The number of halogens is 1. The molecule has 0 saturated carbocycles. The van der Waals surface area contributed by atoms with Gasteiger partial charge in [-0.2, -0.15) is 10.2 Å². The van der Waals surface area contributed by atoms with Crippen LogP contribution in [0.5, 0.6) is 0 Å². The number of hydrogen-bond donors (Lipinski definition) is 1. The Hall–Kier alpha value is -2.36. The fourth-order valence-electron chi connectivity index (χ4n) is 3.46. The molecule has 0 atom stereocenters. The highest BCUT2D eigenvalue weighted by molar-refractivity contribution is 14.0. The molecule has 0 amide bonds. The van der Waals surface area contributed by atoms with Crippen molar-refractivity contribution >= 4 is 29.9 Å². The number of benzene rings is 1. The number of aliphatic imine (C=N–C) groups is 1. The molecule has 1 aromatic carbocycles. The number of rotatable bonds is 8. The molecule has 0 aliphatic rings. The number of para-hydroxylation sites is 1. The molecule has 3 aromatic rings. The lowest BCUT2D eigenvalue weighted by atomic mass is 10.1. The molecular weight excluding hydrogens is 501 g/mol. The van der Waals surface area contributed by atoms with Gasteiger partial charge >= 0.3 is 0 Å². The summed E-state index contributed by atoms with van der Waals surface area (Å²) >= 11 is 0. The Bertz CT molecular complexity index is 959. The normalized spacial score (nSPS) is 11.5. The molecule has 3 rings (SSSR count). The number of nitrogens with zero attached hydrogens (tertiary/aromatic N) is 6. The van der Waals surface area contributed by atoms with Crippen LogP contribution in [0.2, 0.25) is 0 Å². The average Bonchev–Trinajstić information content (AvgIpc) is 3.34. The van der Waals surface area contributed by atoms with Crippen molar-refractivity contribution in [1.29, 1.82) is 0 Å². The Morgan fingerprint density at radius 3 is 2.61 bits per heavy atom. The van der Waals surface area contributed by atoms with E-state index in [4.69, 9.17) is 4.99 Å². The second-order valence-corrected chi connectivity index (χ2v) is 7.84. The largest absolute Gasteiger partial charge is 0.357 e. The molecule has 0 aliphatic heterocycles. The van der Waals surface area contributed by atoms with Gasteiger partial charge in [-0.05, 0) is 37.0 Å². The SMILES string of the molecule is CCNC(=NCCc1cnn(-c2ccccc2)c1)N(C)Cc1cn(C)nc1C(C)C.I. The second kappa shape index (κ2) is 11.9. The van der Waals surface area contributed by atoms with Crippen LogP contribution >= 0.6 is 24.0 Å². The average molecular weight is 535 g/mol. The van der Waals surface area contributed by atoms with Gasteiger partial charge in [-0.15, -0.1) is 24.0 Å². The highest BCUT2D eigenvalue weighted by Gasteiger charge is 2.15. The molecule has 1 N–H and O–H groups in total. The molecule has 0 bridgehead atoms. The van der Waals surface area contributed by atoms with Crippen LogP contribution in [0.25, 0.3) is 5.69 Å². The maximum atomic E-state index is 4.84. The molecule has 7 nitrogen and oxygen atoms in total. The number of guanidine groups is 1. The molecule has 8 heteroatoms. The van der Waals surface area contributed by atoms with Crippen molar-refractivity contribution in [2.45, 2.75) is 39.7 Å². The molecule has 168 valence electrons. The second-order valence-electron chi connectivity index (χ2n) is 7.84. The van der Waals surface area contributed by atoms with Gasteiger partial charge in [-0.25, -0.2) is 4.68 Å². The van der Waals surface area contributed by atoms with Crippen molar-refractivity contribution in [3.63, 3.8) is 0 Å². The quantitative estimate of drug-likeness (QED) is 0.269. The maximum absolute atomic E-state index is 4.84. The fraction of sp³-hybridized carbons (Fsp3) is 0.435. The van der Waals surface area contributed by atoms with Crippen LogP contribution in [-0.4, -0.2) is 50.6 Å². The smallest absolute Gasteiger partial charge is 0.193 e. The summed E-state index contributed by atoms with van der Waals surface area (Å²) < 4.78 is 3.80. The molecule has 0 saturated heterocycles. The van der Waals surface area contributed by atoms with E-state index in [9.17, 15) is 0 Å². The van der Waals surface area contributed by atoms with Crippen molar-refractivity contribution in [2.75, 3.05) is 20.1 Å². The summed E-state index contributed by atoms with van der Waals surface area (Å²) in [5.74, 6) is 1.31. The summed E-state index contributed by atoms with van der Waals surface area (Å²) in [6.07, 6.45) is 6.95. The molecule has 0 unspecified atom stereocenters. The fourth-order valence-corrected chi connectivity index (χ4v) is 3.46. The van der Waals surface area contributed by atoms with Gasteiger partial charge in [0.25, 0.3) is 0 Å². The molecule has 2 aromatic heterocycles. The third-order valence-corrected chi connectivity index (χ3v) is 4.91. The predicted molar refractivity (Wildman–Crippen MR) is 137 cm³/mol. The minimum atomic E-state index is 0. The number of aromatic nitrogens is 4. The summed E-state index contributed by atoms with van der Waals surface area (Å²) in [7, 11) is 4.05. The molecule has 0 radical (unpaired) electrons. The van der Waals surface area contributed by atoms with Crippen LogP contribution < -0.4 is 5.32 Å². The van der Waals surface area contributed by atoms with Crippen LogP contribution in [0.3, 0.4) is 0 Å². The lowest BCUT2D eigenvalue weighted by Gasteiger charge is -2.22. The first-order valence-corrected chi connectivity index (χ1v) is 10.6. The number of hydrogen-bond acceptors (Lipinski definition) is 3. The zero-order valence-electron chi connectivity index (χ0n) is 19.1. The van der Waals surface area contributed by atoms with Gasteiger partial charge in [0.05, 0.1) is 17.6 Å². The van der Waals surface area contributed by atoms with Crippen molar-refractivity contribution in [1.82, 2.24) is 29.8 Å². The number of aryl methyl sites for hydroxylation is 1. The third-order valence-electron chi connectivity index (χ3n) is 4.91. The predicted octanol–water partition coefficient (Wildman–Crippen LogP) is 3.99. The van der Waals surface area contributed by atoms with E-state index in [1.165, 1.54) is 11.1 Å². The summed E-state index contributed by atoms with van der Waals surface area (Å²) in [4.78, 5) is 7.00. The molecule has 31 heavy (non-hydrogen) atoms. The van der Waals surface area contributed by atoms with Crippen LogP contribution in [0.1, 0.15) is 43.5 Å². The third kappa shape index (κ3) is 6.81. The molecule has 0 fully saturated rings. The topological polar surface area (TPSA) is 63.3 Å². The summed E-state index contributed by atoms with van der Waals surface area (Å²) in [6, 6.07) is 10.2. The van der Waals surface area contributed by atoms with E-state index in [1.54, 1.807) is 0 Å². The van der Waals surface area contributed by atoms with E-state index in [-0.39, 0.29) is 24.0 Å². The van der Waals surface area contributed by atoms with Crippen molar-refractivity contribution in [3.05, 3.63) is 65.7 Å². The summed E-state index contributed by atoms with van der Waals surface area (Å²) in [5, 5.41) is 12.5. The van der Waals surface area contributed by atoms with E-state index in [1.807, 2.05) is 40.8 Å². The first kappa shape index (κ1) is 24.9. The minimum absolute atomic E-state index is 0. The Morgan fingerprint density at radius 1 is 1.19 bits per heavy atom. The van der Waals surface area contributed by atoms with Gasteiger partial charge in [0.2, 0.25) is 0 Å². The van der Waals surface area contributed by atoms with Crippen LogP contribution in [0.15, 0.2) is 53.9 Å².